The normalized spacial score (nSPS) is 10.2. The lowest BCUT2D eigenvalue weighted by molar-refractivity contribution is -0.116. The monoisotopic (exact) mass is 260 g/mol. The summed E-state index contributed by atoms with van der Waals surface area (Å²) in [5.41, 5.74) is 1.34. The molecule has 0 spiro atoms. The number of rotatable bonds is 4. The van der Waals surface area contributed by atoms with E-state index in [1.807, 2.05) is 12.1 Å². The van der Waals surface area contributed by atoms with E-state index in [-0.39, 0.29) is 5.91 Å². The Morgan fingerprint density at radius 1 is 1.26 bits per heavy atom. The van der Waals surface area contributed by atoms with Crippen LogP contribution in [0.1, 0.15) is 12.0 Å². The molecule has 0 aliphatic carbocycles. The van der Waals surface area contributed by atoms with E-state index in [4.69, 9.17) is 5.11 Å². The molecule has 2 rings (SSSR count). The van der Waals surface area contributed by atoms with E-state index < -0.39 is 11.6 Å². The SMILES string of the molecule is O=C(CCc1ccncc1)Nc1ccc(O)c(F)c1. The zero-order chi connectivity index (χ0) is 13.7. The lowest BCUT2D eigenvalue weighted by atomic mass is 10.1. The molecule has 1 heterocycles. The summed E-state index contributed by atoms with van der Waals surface area (Å²) in [7, 11) is 0. The fourth-order valence-electron chi connectivity index (χ4n) is 1.62. The lowest BCUT2D eigenvalue weighted by Gasteiger charge is -2.06. The van der Waals surface area contributed by atoms with E-state index >= 15 is 0 Å². The molecule has 0 aliphatic heterocycles. The number of phenolic OH excluding ortho intramolecular Hbond substituents is 1. The van der Waals surface area contributed by atoms with E-state index in [9.17, 15) is 9.18 Å². The van der Waals surface area contributed by atoms with E-state index in [0.717, 1.165) is 11.6 Å². The zero-order valence-corrected chi connectivity index (χ0v) is 10.1. The lowest BCUT2D eigenvalue weighted by Crippen LogP contribution is -2.12. The van der Waals surface area contributed by atoms with Crippen molar-refractivity contribution in [2.75, 3.05) is 5.32 Å². The summed E-state index contributed by atoms with van der Waals surface area (Å²) < 4.78 is 13.1. The first-order valence-electron chi connectivity index (χ1n) is 5.82. The second kappa shape index (κ2) is 5.95. The van der Waals surface area contributed by atoms with Gasteiger partial charge in [0.05, 0.1) is 0 Å². The number of nitrogens with one attached hydrogen (secondary N) is 1. The van der Waals surface area contributed by atoms with Crippen molar-refractivity contribution in [3.05, 3.63) is 54.1 Å². The van der Waals surface area contributed by atoms with Crippen LogP contribution in [0.15, 0.2) is 42.7 Å². The minimum atomic E-state index is -0.757. The van der Waals surface area contributed by atoms with Crippen molar-refractivity contribution >= 4 is 11.6 Å². The number of hydrogen-bond donors (Lipinski definition) is 2. The van der Waals surface area contributed by atoms with Gasteiger partial charge in [-0.05, 0) is 36.2 Å². The number of phenols is 1. The first-order valence-corrected chi connectivity index (χ1v) is 5.82. The molecule has 2 N–H and O–H groups in total. The van der Waals surface area contributed by atoms with Crippen LogP contribution in [-0.4, -0.2) is 16.0 Å². The van der Waals surface area contributed by atoms with Crippen molar-refractivity contribution in [2.45, 2.75) is 12.8 Å². The molecule has 0 radical (unpaired) electrons. The Hall–Kier alpha value is -2.43. The number of nitrogens with zero attached hydrogens (tertiary/aromatic N) is 1. The largest absolute Gasteiger partial charge is 0.505 e. The molecule has 19 heavy (non-hydrogen) atoms. The van der Waals surface area contributed by atoms with Gasteiger partial charge in [0, 0.05) is 30.6 Å². The average molecular weight is 260 g/mol. The van der Waals surface area contributed by atoms with E-state index in [0.29, 0.717) is 18.5 Å². The number of anilines is 1. The van der Waals surface area contributed by atoms with Gasteiger partial charge in [-0.25, -0.2) is 4.39 Å². The Kier molecular flexibility index (Phi) is 4.07. The van der Waals surface area contributed by atoms with Crippen molar-refractivity contribution in [2.24, 2.45) is 0 Å². The van der Waals surface area contributed by atoms with Gasteiger partial charge in [-0.15, -0.1) is 0 Å². The maximum Gasteiger partial charge on any atom is 0.224 e. The smallest absolute Gasteiger partial charge is 0.224 e. The first kappa shape index (κ1) is 13.0. The van der Waals surface area contributed by atoms with Crippen LogP contribution in [-0.2, 0) is 11.2 Å². The number of aryl methyl sites for hydroxylation is 1. The average Bonchev–Trinajstić information content (AvgIpc) is 2.42. The predicted octanol–water partition coefficient (Wildman–Crippen LogP) is 2.50. The molecule has 0 aliphatic rings. The van der Waals surface area contributed by atoms with Gasteiger partial charge >= 0.3 is 0 Å². The summed E-state index contributed by atoms with van der Waals surface area (Å²) in [6.07, 6.45) is 4.23. The Morgan fingerprint density at radius 3 is 2.68 bits per heavy atom. The number of carbonyl (C=O) groups excluding carboxylic acids is 1. The van der Waals surface area contributed by atoms with Gasteiger partial charge in [0.2, 0.25) is 5.91 Å². The molecule has 5 heteroatoms. The predicted molar refractivity (Wildman–Crippen MR) is 69.3 cm³/mol. The van der Waals surface area contributed by atoms with Crippen LogP contribution in [0.25, 0.3) is 0 Å². The van der Waals surface area contributed by atoms with Gasteiger partial charge in [0.15, 0.2) is 11.6 Å². The highest BCUT2D eigenvalue weighted by Gasteiger charge is 2.06. The molecule has 1 amide bonds. The number of carbonyl (C=O) groups is 1. The summed E-state index contributed by atoms with van der Waals surface area (Å²) in [5, 5.41) is 11.6. The van der Waals surface area contributed by atoms with Crippen molar-refractivity contribution in [3.8, 4) is 5.75 Å². The van der Waals surface area contributed by atoms with Crippen LogP contribution in [0.4, 0.5) is 10.1 Å². The molecule has 98 valence electrons. The second-order valence-corrected chi connectivity index (χ2v) is 4.07. The second-order valence-electron chi connectivity index (χ2n) is 4.07. The number of hydrogen-bond acceptors (Lipinski definition) is 3. The highest BCUT2D eigenvalue weighted by atomic mass is 19.1. The molecule has 0 saturated carbocycles. The molecule has 0 fully saturated rings. The molecule has 0 atom stereocenters. The molecular weight excluding hydrogens is 247 g/mol. The van der Waals surface area contributed by atoms with Gasteiger partial charge in [0.25, 0.3) is 0 Å². The van der Waals surface area contributed by atoms with Gasteiger partial charge in [0.1, 0.15) is 0 Å². The minimum Gasteiger partial charge on any atom is -0.505 e. The highest BCUT2D eigenvalue weighted by Crippen LogP contribution is 2.19. The zero-order valence-electron chi connectivity index (χ0n) is 10.1. The third kappa shape index (κ3) is 3.77. The maximum absolute atomic E-state index is 13.1. The summed E-state index contributed by atoms with van der Waals surface area (Å²) in [6, 6.07) is 7.41. The van der Waals surface area contributed by atoms with Gasteiger partial charge < -0.3 is 10.4 Å². The Balaban J connectivity index is 1.89. The number of pyridine rings is 1. The van der Waals surface area contributed by atoms with Crippen molar-refractivity contribution in [3.63, 3.8) is 0 Å². The summed E-state index contributed by atoms with van der Waals surface area (Å²) in [5.74, 6) is -1.40. The number of aromatic hydroxyl groups is 1. The molecule has 0 bridgehead atoms. The van der Waals surface area contributed by atoms with Crippen LogP contribution in [0.2, 0.25) is 0 Å². The van der Waals surface area contributed by atoms with Crippen molar-refractivity contribution in [1.82, 2.24) is 4.98 Å². The van der Waals surface area contributed by atoms with E-state index in [1.165, 1.54) is 12.1 Å². The van der Waals surface area contributed by atoms with Crippen LogP contribution in [0, 0.1) is 5.82 Å². The molecule has 0 saturated heterocycles. The summed E-state index contributed by atoms with van der Waals surface area (Å²) in [6.45, 7) is 0. The van der Waals surface area contributed by atoms with Gasteiger partial charge in [-0.3, -0.25) is 9.78 Å². The fourth-order valence-corrected chi connectivity index (χ4v) is 1.62. The third-order valence-corrected chi connectivity index (χ3v) is 2.62. The molecule has 2 aromatic rings. The molecule has 1 aromatic heterocycles. The van der Waals surface area contributed by atoms with Crippen LogP contribution in [0.3, 0.4) is 0 Å². The topological polar surface area (TPSA) is 62.2 Å². The van der Waals surface area contributed by atoms with Crippen LogP contribution < -0.4 is 5.32 Å². The fraction of sp³-hybridized carbons (Fsp3) is 0.143. The first-order chi connectivity index (χ1) is 9.15. The van der Waals surface area contributed by atoms with E-state index in [1.54, 1.807) is 12.4 Å². The Morgan fingerprint density at radius 2 is 2.00 bits per heavy atom. The minimum absolute atomic E-state index is 0.207. The number of halogens is 1. The highest BCUT2D eigenvalue weighted by molar-refractivity contribution is 5.90. The third-order valence-electron chi connectivity index (χ3n) is 2.62. The number of benzene rings is 1. The summed E-state index contributed by atoms with van der Waals surface area (Å²) >= 11 is 0. The molecule has 4 nitrogen and oxygen atoms in total. The molecule has 1 aromatic carbocycles. The van der Waals surface area contributed by atoms with Crippen molar-refractivity contribution < 1.29 is 14.3 Å². The molecular formula is C14H13FN2O2. The van der Waals surface area contributed by atoms with Gasteiger partial charge in [-0.1, -0.05) is 0 Å². The Labute approximate surface area is 109 Å². The summed E-state index contributed by atoms with van der Waals surface area (Å²) in [4.78, 5) is 15.6. The van der Waals surface area contributed by atoms with Crippen molar-refractivity contribution in [1.29, 1.82) is 0 Å². The quantitative estimate of drug-likeness (QED) is 0.830. The standard InChI is InChI=1S/C14H13FN2O2/c15-12-9-11(2-3-13(12)18)17-14(19)4-1-10-5-7-16-8-6-10/h2-3,5-9,18H,1,4H2,(H,17,19). The maximum atomic E-state index is 13.1. The van der Waals surface area contributed by atoms with Crippen LogP contribution >= 0.6 is 0 Å². The van der Waals surface area contributed by atoms with Gasteiger partial charge in [-0.2, -0.15) is 0 Å². The number of amides is 1. The number of aromatic nitrogens is 1. The van der Waals surface area contributed by atoms with E-state index in [2.05, 4.69) is 10.3 Å². The Bertz CT molecular complexity index is 573. The molecule has 0 unspecified atom stereocenters. The van der Waals surface area contributed by atoms with Crippen LogP contribution in [0.5, 0.6) is 5.75 Å².